The normalized spacial score (nSPS) is 10.5. The number of benzene rings is 1. The molecule has 0 bridgehead atoms. The van der Waals surface area contributed by atoms with Gasteiger partial charge in [0.2, 0.25) is 0 Å². The summed E-state index contributed by atoms with van der Waals surface area (Å²) >= 11 is 1.49. The summed E-state index contributed by atoms with van der Waals surface area (Å²) in [5, 5.41) is 0. The number of ether oxygens (including phenoxy) is 1. The number of aryl methyl sites for hydroxylation is 1. The fourth-order valence-electron chi connectivity index (χ4n) is 1.31. The zero-order valence-corrected chi connectivity index (χ0v) is 13.2. The van der Waals surface area contributed by atoms with E-state index in [-0.39, 0.29) is 11.5 Å². The maximum absolute atomic E-state index is 11.8. The van der Waals surface area contributed by atoms with Gasteiger partial charge in [0.25, 0.3) is 0 Å². The number of primary amides is 1. The molecule has 21 heavy (non-hydrogen) atoms. The van der Waals surface area contributed by atoms with Gasteiger partial charge in [0.1, 0.15) is 6.61 Å². The standard InChI is InChI=1S/C13H16N2O4S2/c1-11-3-5-12(6-4-11)21(17,18)15-7-2-9-20-10-8-19-13(14)16/h3-6H,2,8-10H2,1H3,(H-,14,16)/p+1. The Labute approximate surface area is 128 Å². The maximum Gasteiger partial charge on any atom is 0.510 e. The monoisotopic (exact) mass is 329 g/mol. The lowest BCUT2D eigenvalue weighted by Crippen LogP contribution is -2.14. The van der Waals surface area contributed by atoms with Crippen molar-refractivity contribution in [1.29, 1.82) is 0 Å². The Bertz CT molecular complexity index is 630. The van der Waals surface area contributed by atoms with E-state index >= 15 is 0 Å². The molecule has 0 heterocycles. The number of amides is 1. The Morgan fingerprint density at radius 1 is 1.33 bits per heavy atom. The van der Waals surface area contributed by atoms with Crippen LogP contribution in [0, 0.1) is 13.0 Å². The molecule has 0 radical (unpaired) electrons. The van der Waals surface area contributed by atoms with E-state index in [2.05, 4.69) is 15.1 Å². The van der Waals surface area contributed by atoms with Crippen molar-refractivity contribution in [2.45, 2.75) is 18.2 Å². The highest BCUT2D eigenvalue weighted by Crippen LogP contribution is 2.13. The molecule has 0 spiro atoms. The van der Waals surface area contributed by atoms with Crippen molar-refractivity contribution in [3.8, 4) is 6.07 Å². The van der Waals surface area contributed by atoms with Gasteiger partial charge in [-0.15, -0.1) is 8.42 Å². The minimum absolute atomic E-state index is 0.156. The van der Waals surface area contributed by atoms with Gasteiger partial charge >= 0.3 is 22.2 Å². The number of rotatable bonds is 6. The van der Waals surface area contributed by atoms with Crippen LogP contribution >= 0.6 is 11.8 Å². The summed E-state index contributed by atoms with van der Waals surface area (Å²) in [6.07, 6.45) is -0.403. The first-order valence-corrected chi connectivity index (χ1v) is 8.78. The zero-order chi connectivity index (χ0) is 15.7. The van der Waals surface area contributed by atoms with Gasteiger partial charge in [0.05, 0.1) is 10.7 Å². The smallest absolute Gasteiger partial charge is 0.449 e. The molecular formula is C13H17N2O4S2+. The molecule has 0 saturated carbocycles. The third-order valence-electron chi connectivity index (χ3n) is 2.33. The average molecular weight is 329 g/mol. The van der Waals surface area contributed by atoms with E-state index in [0.717, 1.165) is 5.56 Å². The largest absolute Gasteiger partial charge is 0.510 e. The lowest BCUT2D eigenvalue weighted by atomic mass is 10.2. The second kappa shape index (κ2) is 8.54. The first kappa shape index (κ1) is 17.3. The molecule has 0 aliphatic rings. The molecular weight excluding hydrogens is 312 g/mol. The summed E-state index contributed by atoms with van der Waals surface area (Å²) in [7, 11) is -3.67. The first-order chi connectivity index (χ1) is 9.92. The number of hydrogen-bond donors (Lipinski definition) is 1. The van der Waals surface area contributed by atoms with Crippen LogP contribution in [0.5, 0.6) is 0 Å². The molecule has 1 rings (SSSR count). The van der Waals surface area contributed by atoms with Crippen LogP contribution in [0.15, 0.2) is 29.2 Å². The molecule has 6 nitrogen and oxygen atoms in total. The quantitative estimate of drug-likeness (QED) is 0.808. The third kappa shape index (κ3) is 7.02. The topological polar surface area (TPSA) is 90.8 Å². The van der Waals surface area contributed by atoms with E-state index in [1.807, 2.05) is 6.92 Å². The Morgan fingerprint density at radius 3 is 2.62 bits per heavy atom. The summed E-state index contributed by atoms with van der Waals surface area (Å²) in [5.41, 5.74) is 5.79. The van der Waals surface area contributed by atoms with Gasteiger partial charge in [0, 0.05) is 11.5 Å². The van der Waals surface area contributed by atoms with E-state index in [1.54, 1.807) is 12.1 Å². The molecule has 8 heteroatoms. The van der Waals surface area contributed by atoms with Crippen LogP contribution in [0.2, 0.25) is 0 Å². The minimum Gasteiger partial charge on any atom is -0.449 e. The summed E-state index contributed by atoms with van der Waals surface area (Å²) in [6.45, 7) is 2.11. The number of nitrogens with two attached hydrogens (primary N) is 1. The van der Waals surface area contributed by atoms with Crippen molar-refractivity contribution in [2.24, 2.45) is 5.73 Å². The van der Waals surface area contributed by atoms with Gasteiger partial charge in [0.15, 0.2) is 4.90 Å². The molecule has 2 N–H and O–H groups in total. The lowest BCUT2D eigenvalue weighted by molar-refractivity contribution is 0.164. The highest BCUT2D eigenvalue weighted by Gasteiger charge is 2.22. The number of thioether (sulfide) groups is 1. The molecule has 1 amide bonds. The van der Waals surface area contributed by atoms with Gasteiger partial charge in [-0.2, -0.15) is 11.8 Å². The molecule has 114 valence electrons. The molecule has 0 aliphatic carbocycles. The summed E-state index contributed by atoms with van der Waals surface area (Å²) in [5.74, 6) is 1.23. The van der Waals surface area contributed by atoms with Gasteiger partial charge < -0.3 is 10.5 Å². The summed E-state index contributed by atoms with van der Waals surface area (Å²) in [6, 6.07) is 9.00. The van der Waals surface area contributed by atoms with Gasteiger partial charge in [-0.1, -0.05) is 17.7 Å². The fraction of sp³-hybridized carbons (Fsp3) is 0.385. The number of carbonyl (C=O) groups excluding carboxylic acids is 1. The Morgan fingerprint density at radius 2 is 2.00 bits per heavy atom. The van der Waals surface area contributed by atoms with Crippen LogP contribution in [0.4, 0.5) is 4.79 Å². The first-order valence-electron chi connectivity index (χ1n) is 6.18. The predicted octanol–water partition coefficient (Wildman–Crippen LogP) is 2.24. The van der Waals surface area contributed by atoms with Gasteiger partial charge in [-0.3, -0.25) is 0 Å². The van der Waals surface area contributed by atoms with Crippen LogP contribution in [-0.2, 0) is 14.8 Å². The SMILES string of the molecule is Cc1ccc(S(=O)(=O)[N+]#CCCSCCOC(N)=O)cc1. The molecule has 0 atom stereocenters. The van der Waals surface area contributed by atoms with Crippen molar-refractivity contribution in [1.82, 2.24) is 0 Å². The summed E-state index contributed by atoms with van der Waals surface area (Å²) in [4.78, 5) is 10.5. The van der Waals surface area contributed by atoms with Crippen molar-refractivity contribution in [2.75, 3.05) is 18.1 Å². The van der Waals surface area contributed by atoms with Gasteiger partial charge in [-0.25, -0.2) is 4.79 Å². The molecule has 0 fully saturated rings. The number of carbonyl (C=O) groups is 1. The molecule has 0 saturated heterocycles. The lowest BCUT2D eigenvalue weighted by Gasteiger charge is -1.98. The Kier molecular flexibility index (Phi) is 7.05. The number of nitrogens with zero attached hydrogens (tertiary/aromatic N) is 1. The van der Waals surface area contributed by atoms with Crippen molar-refractivity contribution >= 4 is 27.9 Å². The van der Waals surface area contributed by atoms with E-state index in [0.29, 0.717) is 17.9 Å². The maximum atomic E-state index is 11.8. The Hall–Kier alpha value is -1.72. The third-order valence-corrected chi connectivity index (χ3v) is 4.52. The van der Waals surface area contributed by atoms with E-state index in [1.165, 1.54) is 23.9 Å². The Balaban J connectivity index is 2.37. The molecule has 0 unspecified atom stereocenters. The van der Waals surface area contributed by atoms with Crippen LogP contribution in [-0.4, -0.2) is 32.6 Å². The van der Waals surface area contributed by atoms with Crippen molar-refractivity contribution < 1.29 is 17.9 Å². The molecule has 0 aliphatic heterocycles. The molecule has 1 aromatic rings. The fourth-order valence-corrected chi connectivity index (χ4v) is 2.80. The number of sulfonamides is 1. The van der Waals surface area contributed by atoms with Crippen LogP contribution in [0.1, 0.15) is 12.0 Å². The van der Waals surface area contributed by atoms with E-state index < -0.39 is 16.1 Å². The second-order valence-electron chi connectivity index (χ2n) is 4.07. The number of hydrogen-bond acceptors (Lipinski definition) is 5. The van der Waals surface area contributed by atoms with E-state index in [4.69, 9.17) is 5.73 Å². The van der Waals surface area contributed by atoms with E-state index in [9.17, 15) is 13.2 Å². The highest BCUT2D eigenvalue weighted by atomic mass is 32.2. The molecule has 1 aromatic carbocycles. The summed E-state index contributed by atoms with van der Waals surface area (Å²) < 4.78 is 31.7. The van der Waals surface area contributed by atoms with Crippen molar-refractivity contribution in [3.05, 3.63) is 34.1 Å². The predicted molar refractivity (Wildman–Crippen MR) is 83.1 cm³/mol. The molecule has 0 aromatic heterocycles. The van der Waals surface area contributed by atoms with Crippen LogP contribution in [0.3, 0.4) is 0 Å². The van der Waals surface area contributed by atoms with Gasteiger partial charge in [-0.05, 0) is 19.1 Å². The minimum atomic E-state index is -3.67. The van der Waals surface area contributed by atoms with Crippen LogP contribution < -0.4 is 5.73 Å². The second-order valence-corrected chi connectivity index (χ2v) is 6.90. The van der Waals surface area contributed by atoms with Crippen LogP contribution in [0.25, 0.3) is 4.25 Å². The zero-order valence-electron chi connectivity index (χ0n) is 11.6. The van der Waals surface area contributed by atoms with Crippen molar-refractivity contribution in [3.63, 3.8) is 0 Å². The highest BCUT2D eigenvalue weighted by molar-refractivity contribution is 7.99. The average Bonchev–Trinajstić information content (AvgIpc) is 2.42.